The topological polar surface area (TPSA) is 67.7 Å². The highest BCUT2D eigenvalue weighted by molar-refractivity contribution is 9.10. The molecule has 0 aliphatic rings. The van der Waals surface area contributed by atoms with Crippen molar-refractivity contribution >= 4 is 50.6 Å². The molecule has 1 aromatic carbocycles. The van der Waals surface area contributed by atoms with Gasteiger partial charge in [-0.25, -0.2) is 14.7 Å². The maximum absolute atomic E-state index is 9.36. The molecule has 0 radical (unpaired) electrons. The molecule has 0 atom stereocenters. The summed E-state index contributed by atoms with van der Waals surface area (Å²) in [6, 6.07) is 10.5. The average Bonchev–Trinajstić information content (AvgIpc) is 3.01. The second kappa shape index (κ2) is 6.75. The van der Waals surface area contributed by atoms with Crippen LogP contribution in [0.2, 0.25) is 10.0 Å². The molecular formula is C17H10BrCl2N5O. The number of aromatic nitrogens is 4. The number of benzene rings is 1. The predicted octanol–water partition coefficient (Wildman–Crippen LogP) is 4.74. The molecule has 1 N–H and O–H groups in total. The Balaban J connectivity index is 1.99. The lowest BCUT2D eigenvalue weighted by atomic mass is 10.1. The van der Waals surface area contributed by atoms with Crippen LogP contribution in [0.5, 0.6) is 0 Å². The zero-order chi connectivity index (χ0) is 18.3. The van der Waals surface area contributed by atoms with E-state index in [0.29, 0.717) is 38.1 Å². The molecule has 6 nitrogen and oxygen atoms in total. The van der Waals surface area contributed by atoms with Gasteiger partial charge in [0.1, 0.15) is 0 Å². The first-order valence-corrected chi connectivity index (χ1v) is 8.99. The van der Waals surface area contributed by atoms with Crippen LogP contribution in [0.4, 0.5) is 5.82 Å². The molecule has 4 aromatic rings. The van der Waals surface area contributed by atoms with Crippen molar-refractivity contribution in [1.82, 2.24) is 19.3 Å². The van der Waals surface area contributed by atoms with Crippen molar-refractivity contribution in [2.24, 2.45) is 4.99 Å². The van der Waals surface area contributed by atoms with Crippen molar-refractivity contribution in [3.05, 3.63) is 74.9 Å². The fourth-order valence-electron chi connectivity index (χ4n) is 2.46. The predicted molar refractivity (Wildman–Crippen MR) is 103 cm³/mol. The Kier molecular flexibility index (Phi) is 4.44. The number of hydrogen-bond acceptors (Lipinski definition) is 4. The van der Waals surface area contributed by atoms with E-state index >= 15 is 0 Å². The Labute approximate surface area is 166 Å². The van der Waals surface area contributed by atoms with Crippen LogP contribution in [-0.2, 0) is 0 Å². The van der Waals surface area contributed by atoms with Crippen LogP contribution in [0.1, 0.15) is 0 Å². The molecule has 4 rings (SSSR count). The Hall–Kier alpha value is -2.35. The Morgan fingerprint density at radius 3 is 2.65 bits per heavy atom. The number of fused-ring (bicyclic) bond motifs is 1. The maximum Gasteiger partial charge on any atom is 0.172 e. The smallest absolute Gasteiger partial charge is 0.172 e. The molecule has 26 heavy (non-hydrogen) atoms. The Bertz CT molecular complexity index is 1180. The number of pyridine rings is 1. The maximum atomic E-state index is 9.36. The summed E-state index contributed by atoms with van der Waals surface area (Å²) >= 11 is 15.9. The molecular weight excluding hydrogens is 441 g/mol. The van der Waals surface area contributed by atoms with E-state index in [-0.39, 0.29) is 0 Å². The van der Waals surface area contributed by atoms with Gasteiger partial charge in [-0.1, -0.05) is 35.3 Å². The van der Waals surface area contributed by atoms with Gasteiger partial charge >= 0.3 is 0 Å². The van der Waals surface area contributed by atoms with Crippen LogP contribution in [0.25, 0.3) is 16.9 Å². The highest BCUT2D eigenvalue weighted by Crippen LogP contribution is 2.34. The summed E-state index contributed by atoms with van der Waals surface area (Å²) in [5.41, 5.74) is 1.93. The molecule has 0 saturated carbocycles. The number of halogens is 3. The monoisotopic (exact) mass is 449 g/mol. The molecule has 0 aliphatic heterocycles. The van der Waals surface area contributed by atoms with Crippen molar-refractivity contribution in [1.29, 1.82) is 0 Å². The molecule has 0 amide bonds. The number of rotatable bonds is 2. The number of nitrogens with zero attached hydrogens (tertiary/aromatic N) is 5. The van der Waals surface area contributed by atoms with E-state index in [1.54, 1.807) is 35.0 Å². The average molecular weight is 451 g/mol. The molecule has 0 saturated heterocycles. The summed E-state index contributed by atoms with van der Waals surface area (Å²) in [5, 5.41) is 15.2. The molecule has 0 aliphatic carbocycles. The minimum atomic E-state index is 0.425. The molecule has 130 valence electrons. The molecule has 0 spiro atoms. The van der Waals surface area contributed by atoms with Gasteiger partial charge in [0.05, 0.1) is 31.8 Å². The van der Waals surface area contributed by atoms with E-state index in [1.165, 1.54) is 12.4 Å². The molecule has 3 aromatic heterocycles. The standard InChI is InChI=1S/C17H10BrCl2N5O/c18-12-9-21-25-15(22-10-4-6-24(26)7-5-10)8-14(23-17(12)25)11-2-1-3-13(19)16(11)20/h1-9,26H. The van der Waals surface area contributed by atoms with Gasteiger partial charge in [0.25, 0.3) is 0 Å². The highest BCUT2D eigenvalue weighted by atomic mass is 79.9. The van der Waals surface area contributed by atoms with E-state index in [2.05, 4.69) is 31.0 Å². The summed E-state index contributed by atoms with van der Waals surface area (Å²) in [7, 11) is 0. The van der Waals surface area contributed by atoms with Gasteiger partial charge in [0.15, 0.2) is 11.5 Å². The van der Waals surface area contributed by atoms with Crippen molar-refractivity contribution in [2.75, 3.05) is 0 Å². The van der Waals surface area contributed by atoms with Crippen LogP contribution < -0.4 is 5.36 Å². The molecule has 0 bridgehead atoms. The third-order valence-corrected chi connectivity index (χ3v) is 5.06. The first-order valence-electron chi connectivity index (χ1n) is 7.44. The highest BCUT2D eigenvalue weighted by Gasteiger charge is 2.14. The number of hydrogen-bond donors (Lipinski definition) is 1. The van der Waals surface area contributed by atoms with Gasteiger partial charge in [-0.05, 0) is 34.1 Å². The largest absolute Gasteiger partial charge is 0.429 e. The fraction of sp³-hybridized carbons (Fsp3) is 0. The normalized spacial score (nSPS) is 11.0. The zero-order valence-corrected chi connectivity index (χ0v) is 16.1. The first-order chi connectivity index (χ1) is 12.5. The third kappa shape index (κ3) is 3.09. The van der Waals surface area contributed by atoms with Gasteiger partial charge in [-0.3, -0.25) is 0 Å². The van der Waals surface area contributed by atoms with Gasteiger partial charge in [0.2, 0.25) is 0 Å². The first kappa shape index (κ1) is 17.1. The van der Waals surface area contributed by atoms with Crippen LogP contribution in [0.3, 0.4) is 0 Å². The van der Waals surface area contributed by atoms with Crippen LogP contribution >= 0.6 is 39.1 Å². The quantitative estimate of drug-likeness (QED) is 0.448. The molecule has 0 fully saturated rings. The minimum Gasteiger partial charge on any atom is -0.429 e. The van der Waals surface area contributed by atoms with E-state index in [1.807, 2.05) is 12.1 Å². The lowest BCUT2D eigenvalue weighted by molar-refractivity contribution is 0.184. The van der Waals surface area contributed by atoms with Crippen molar-refractivity contribution in [3.8, 4) is 11.3 Å². The lowest BCUT2D eigenvalue weighted by Crippen LogP contribution is -2.04. The zero-order valence-electron chi connectivity index (χ0n) is 13.0. The second-order valence-corrected chi connectivity index (χ2v) is 7.02. The van der Waals surface area contributed by atoms with Gasteiger partial charge in [-0.2, -0.15) is 9.61 Å². The summed E-state index contributed by atoms with van der Waals surface area (Å²) in [6.45, 7) is 0. The SMILES string of the molecule is On1ccc(=Nc2cc(-c3cccc(Cl)c3Cl)nc3c(Br)cnn23)cc1. The van der Waals surface area contributed by atoms with Crippen molar-refractivity contribution < 1.29 is 5.21 Å². The summed E-state index contributed by atoms with van der Waals surface area (Å²) in [4.78, 5) is 9.23. The summed E-state index contributed by atoms with van der Waals surface area (Å²) < 4.78 is 3.30. The fourth-order valence-corrected chi connectivity index (χ4v) is 3.20. The van der Waals surface area contributed by atoms with Gasteiger partial charge in [0, 0.05) is 24.0 Å². The minimum absolute atomic E-state index is 0.425. The summed E-state index contributed by atoms with van der Waals surface area (Å²) in [6.07, 6.45) is 4.63. The van der Waals surface area contributed by atoms with E-state index < -0.39 is 0 Å². The van der Waals surface area contributed by atoms with Gasteiger partial charge in [-0.15, -0.1) is 0 Å². The van der Waals surface area contributed by atoms with E-state index in [4.69, 9.17) is 23.2 Å². The van der Waals surface area contributed by atoms with Crippen molar-refractivity contribution in [3.63, 3.8) is 0 Å². The second-order valence-electron chi connectivity index (χ2n) is 5.38. The van der Waals surface area contributed by atoms with Crippen molar-refractivity contribution in [2.45, 2.75) is 0 Å². The Morgan fingerprint density at radius 2 is 1.88 bits per heavy atom. The molecule has 3 heterocycles. The van der Waals surface area contributed by atoms with Gasteiger partial charge < -0.3 is 5.21 Å². The molecule has 9 heteroatoms. The van der Waals surface area contributed by atoms with Crippen LogP contribution in [0.15, 0.2) is 64.5 Å². The molecule has 0 unspecified atom stereocenters. The van der Waals surface area contributed by atoms with Crippen LogP contribution in [0, 0.1) is 0 Å². The Morgan fingerprint density at radius 1 is 1.12 bits per heavy atom. The lowest BCUT2D eigenvalue weighted by Gasteiger charge is -2.08. The summed E-state index contributed by atoms with van der Waals surface area (Å²) in [5.74, 6) is 0.558. The van der Waals surface area contributed by atoms with E-state index in [0.717, 1.165) is 9.20 Å². The third-order valence-electron chi connectivity index (χ3n) is 3.68. The van der Waals surface area contributed by atoms with Crippen LogP contribution in [-0.4, -0.2) is 24.5 Å². The van der Waals surface area contributed by atoms with E-state index in [9.17, 15) is 5.21 Å².